The summed E-state index contributed by atoms with van der Waals surface area (Å²) in [6.45, 7) is 1.36. The van der Waals surface area contributed by atoms with Gasteiger partial charge < -0.3 is 4.98 Å². The van der Waals surface area contributed by atoms with E-state index in [4.69, 9.17) is 11.6 Å². The monoisotopic (exact) mass is 302 g/mol. The van der Waals surface area contributed by atoms with Gasteiger partial charge in [-0.25, -0.2) is 8.42 Å². The maximum absolute atomic E-state index is 12.6. The van der Waals surface area contributed by atoms with E-state index in [2.05, 4.69) is 4.98 Å². The Morgan fingerprint density at radius 3 is 2.58 bits per heavy atom. The Kier molecular flexibility index (Phi) is 3.62. The first-order valence-electron chi connectivity index (χ1n) is 6.83. The molecule has 106 valence electrons. The van der Waals surface area contributed by atoms with Gasteiger partial charge in [0.25, 0.3) is 0 Å². The minimum atomic E-state index is -3.35. The van der Waals surface area contributed by atoms with Crippen molar-refractivity contribution in [1.82, 2.24) is 9.29 Å². The van der Waals surface area contributed by atoms with Crippen LogP contribution in [0.3, 0.4) is 0 Å². The molecule has 2 atom stereocenters. The minimum Gasteiger partial charge on any atom is -0.363 e. The number of halogens is 1. The second-order valence-corrected chi connectivity index (χ2v) is 7.92. The molecule has 1 aliphatic heterocycles. The molecule has 6 heteroatoms. The number of hydrogen-bond donors (Lipinski definition) is 1. The van der Waals surface area contributed by atoms with Gasteiger partial charge in [-0.2, -0.15) is 4.31 Å². The average Bonchev–Trinajstić information content (AvgIpc) is 2.87. The van der Waals surface area contributed by atoms with Gasteiger partial charge in [-0.05, 0) is 37.2 Å². The van der Waals surface area contributed by atoms with Crippen LogP contribution in [0.15, 0.2) is 17.2 Å². The molecule has 0 amide bonds. The highest BCUT2D eigenvalue weighted by Gasteiger charge is 2.36. The van der Waals surface area contributed by atoms with Gasteiger partial charge in [0, 0.05) is 25.0 Å². The molecular formula is C13H19ClN2O2S. The smallest absolute Gasteiger partial charge is 0.244 e. The van der Waals surface area contributed by atoms with Crippen molar-refractivity contribution in [2.24, 2.45) is 11.8 Å². The number of nitrogens with one attached hydrogen (secondary N) is 1. The molecule has 0 aromatic carbocycles. The molecule has 2 bridgehead atoms. The number of aromatic nitrogens is 1. The van der Waals surface area contributed by atoms with Crippen molar-refractivity contribution in [3.8, 4) is 0 Å². The zero-order chi connectivity index (χ0) is 13.5. The van der Waals surface area contributed by atoms with Crippen LogP contribution in [0.2, 0.25) is 0 Å². The third kappa shape index (κ3) is 2.56. The lowest BCUT2D eigenvalue weighted by Crippen LogP contribution is -2.45. The van der Waals surface area contributed by atoms with Gasteiger partial charge in [0.1, 0.15) is 0 Å². The van der Waals surface area contributed by atoms with Crippen LogP contribution in [0.1, 0.15) is 31.4 Å². The molecule has 3 rings (SSSR count). The average molecular weight is 303 g/mol. The van der Waals surface area contributed by atoms with Gasteiger partial charge in [-0.1, -0.05) is 6.42 Å². The zero-order valence-corrected chi connectivity index (χ0v) is 12.4. The number of aromatic amines is 1. The largest absolute Gasteiger partial charge is 0.363 e. The summed E-state index contributed by atoms with van der Waals surface area (Å²) in [6, 6.07) is 1.65. The maximum Gasteiger partial charge on any atom is 0.244 e. The summed E-state index contributed by atoms with van der Waals surface area (Å²) < 4.78 is 26.9. The topological polar surface area (TPSA) is 53.2 Å². The highest BCUT2D eigenvalue weighted by molar-refractivity contribution is 7.89. The van der Waals surface area contributed by atoms with Crippen molar-refractivity contribution in [3.05, 3.63) is 18.0 Å². The Hall–Kier alpha value is -0.520. The summed E-state index contributed by atoms with van der Waals surface area (Å²) in [4.78, 5) is 3.26. The molecule has 1 N–H and O–H groups in total. The number of H-pyrrole nitrogens is 1. The van der Waals surface area contributed by atoms with Crippen LogP contribution in [0, 0.1) is 11.8 Å². The molecule has 1 aromatic heterocycles. The number of piperidine rings is 1. The SMILES string of the molecule is O=S(=O)(c1c[nH]c(CCl)c1)N1CC2CCCC(C2)C1. The summed E-state index contributed by atoms with van der Waals surface area (Å²) in [5.74, 6) is 1.41. The number of nitrogens with zero attached hydrogens (tertiary/aromatic N) is 1. The lowest BCUT2D eigenvalue weighted by molar-refractivity contribution is 0.144. The summed E-state index contributed by atoms with van der Waals surface area (Å²) in [7, 11) is -3.35. The Labute approximate surface area is 119 Å². The van der Waals surface area contributed by atoms with Crippen LogP contribution >= 0.6 is 11.6 Å². The van der Waals surface area contributed by atoms with Crippen molar-refractivity contribution in [2.45, 2.75) is 36.5 Å². The summed E-state index contributed by atoms with van der Waals surface area (Å²) in [6.07, 6.45) is 6.35. The fraction of sp³-hybridized carbons (Fsp3) is 0.692. The fourth-order valence-corrected chi connectivity index (χ4v) is 5.14. The standard InChI is InChI=1S/C13H19ClN2O2S/c14-6-12-5-13(7-15-12)19(17,18)16-8-10-2-1-3-11(4-10)9-16/h5,7,10-11,15H,1-4,6,8-9H2. The highest BCUT2D eigenvalue weighted by Crippen LogP contribution is 2.36. The first-order chi connectivity index (χ1) is 9.09. The Morgan fingerprint density at radius 2 is 2.00 bits per heavy atom. The molecule has 1 saturated carbocycles. The predicted octanol–water partition coefficient (Wildman–Crippen LogP) is 2.56. The van der Waals surface area contributed by atoms with E-state index < -0.39 is 10.0 Å². The van der Waals surface area contributed by atoms with Crippen LogP contribution in [-0.2, 0) is 15.9 Å². The maximum atomic E-state index is 12.6. The minimum absolute atomic E-state index is 0.306. The van der Waals surface area contributed by atoms with E-state index in [9.17, 15) is 8.42 Å². The number of sulfonamides is 1. The van der Waals surface area contributed by atoms with E-state index in [0.29, 0.717) is 35.7 Å². The molecule has 4 nitrogen and oxygen atoms in total. The molecule has 2 aliphatic rings. The summed E-state index contributed by atoms with van der Waals surface area (Å²) >= 11 is 5.71. The number of rotatable bonds is 3. The summed E-state index contributed by atoms with van der Waals surface area (Å²) in [5, 5.41) is 0. The molecule has 1 saturated heterocycles. The van der Waals surface area contributed by atoms with Gasteiger partial charge >= 0.3 is 0 Å². The fourth-order valence-electron chi connectivity index (χ4n) is 3.37. The second kappa shape index (κ2) is 5.11. The van der Waals surface area contributed by atoms with E-state index in [1.807, 2.05) is 0 Å². The Morgan fingerprint density at radius 1 is 1.32 bits per heavy atom. The third-order valence-corrected chi connectivity index (χ3v) is 6.41. The van der Waals surface area contributed by atoms with Gasteiger partial charge in [0.15, 0.2) is 0 Å². The van der Waals surface area contributed by atoms with Crippen LogP contribution in [0.25, 0.3) is 0 Å². The van der Waals surface area contributed by atoms with E-state index in [1.165, 1.54) is 25.7 Å². The third-order valence-electron chi connectivity index (χ3n) is 4.31. The molecule has 0 radical (unpaired) electrons. The summed E-state index contributed by atoms with van der Waals surface area (Å²) in [5.41, 5.74) is 0.748. The highest BCUT2D eigenvalue weighted by atomic mass is 35.5. The van der Waals surface area contributed by atoms with E-state index in [1.54, 1.807) is 16.6 Å². The van der Waals surface area contributed by atoms with Gasteiger partial charge in [-0.3, -0.25) is 0 Å². The van der Waals surface area contributed by atoms with Crippen molar-refractivity contribution < 1.29 is 8.42 Å². The predicted molar refractivity (Wildman–Crippen MR) is 74.6 cm³/mol. The van der Waals surface area contributed by atoms with E-state index in [-0.39, 0.29) is 0 Å². The van der Waals surface area contributed by atoms with Gasteiger partial charge in [0.05, 0.1) is 10.8 Å². The molecule has 19 heavy (non-hydrogen) atoms. The number of alkyl halides is 1. The van der Waals surface area contributed by atoms with Crippen LogP contribution in [0.4, 0.5) is 0 Å². The molecule has 2 heterocycles. The first-order valence-corrected chi connectivity index (χ1v) is 8.80. The zero-order valence-electron chi connectivity index (χ0n) is 10.8. The van der Waals surface area contributed by atoms with Crippen LogP contribution in [0.5, 0.6) is 0 Å². The Bertz CT molecular complexity index is 543. The van der Waals surface area contributed by atoms with Crippen molar-refractivity contribution in [1.29, 1.82) is 0 Å². The van der Waals surface area contributed by atoms with Crippen molar-refractivity contribution in [2.75, 3.05) is 13.1 Å². The molecule has 0 spiro atoms. The van der Waals surface area contributed by atoms with E-state index >= 15 is 0 Å². The normalized spacial score (nSPS) is 28.5. The van der Waals surface area contributed by atoms with Gasteiger partial charge in [0.2, 0.25) is 10.0 Å². The first kappa shape index (κ1) is 13.5. The van der Waals surface area contributed by atoms with Crippen LogP contribution in [-0.4, -0.2) is 30.8 Å². The number of fused-ring (bicyclic) bond motifs is 2. The molecule has 2 unspecified atom stereocenters. The Balaban J connectivity index is 1.83. The molecule has 1 aliphatic carbocycles. The van der Waals surface area contributed by atoms with Crippen molar-refractivity contribution in [3.63, 3.8) is 0 Å². The molecular weight excluding hydrogens is 284 g/mol. The van der Waals surface area contributed by atoms with E-state index in [0.717, 1.165) is 5.69 Å². The lowest BCUT2D eigenvalue weighted by atomic mass is 9.79. The van der Waals surface area contributed by atoms with Gasteiger partial charge in [-0.15, -0.1) is 11.6 Å². The van der Waals surface area contributed by atoms with Crippen LogP contribution < -0.4 is 0 Å². The van der Waals surface area contributed by atoms with Crippen molar-refractivity contribution >= 4 is 21.6 Å². The molecule has 1 aromatic rings. The quantitative estimate of drug-likeness (QED) is 0.873. The second-order valence-electron chi connectivity index (χ2n) is 5.71. The lowest BCUT2D eigenvalue weighted by Gasteiger charge is -2.40. The number of hydrogen-bond acceptors (Lipinski definition) is 2. The molecule has 2 fully saturated rings.